The van der Waals surface area contributed by atoms with Crippen LogP contribution in [0.5, 0.6) is 0 Å². The molecule has 0 spiro atoms. The first-order chi connectivity index (χ1) is 7.33. The largest absolute Gasteiger partial charge is 0.178 e. The molecule has 0 atom stereocenters. The highest BCUT2D eigenvalue weighted by molar-refractivity contribution is 14.1. The lowest BCUT2D eigenvalue weighted by Gasteiger charge is -2.08. The molecule has 0 aromatic carbocycles. The lowest BCUT2D eigenvalue weighted by Crippen LogP contribution is -1.96. The highest BCUT2D eigenvalue weighted by Crippen LogP contribution is 2.37. The molecule has 0 saturated carbocycles. The fourth-order valence-corrected chi connectivity index (χ4v) is 5.28. The van der Waals surface area contributed by atoms with Gasteiger partial charge in [-0.25, -0.2) is 0 Å². The fourth-order valence-electron chi connectivity index (χ4n) is 1.56. The summed E-state index contributed by atoms with van der Waals surface area (Å²) in [6.07, 6.45) is 1.22. The quantitative estimate of drug-likeness (QED) is 0.721. The Morgan fingerprint density at radius 1 is 1.27 bits per heavy atom. The summed E-state index contributed by atoms with van der Waals surface area (Å²) in [7, 11) is 0. The van der Waals surface area contributed by atoms with Crippen LogP contribution in [-0.2, 0) is 12.2 Å². The zero-order valence-corrected chi connectivity index (χ0v) is 12.3. The molecule has 0 N–H and O–H groups in total. The molecule has 0 bridgehead atoms. The van der Waals surface area contributed by atoms with Crippen molar-refractivity contribution in [2.75, 3.05) is 5.75 Å². The third-order valence-electron chi connectivity index (χ3n) is 2.24. The van der Waals surface area contributed by atoms with Crippen LogP contribution in [0.4, 0.5) is 0 Å². The SMILES string of the molecule is Ic1nnc(-c2cc3c(s2)CCSC3)s1. The number of hydrogen-bond donors (Lipinski definition) is 0. The van der Waals surface area contributed by atoms with E-state index in [0.717, 1.165) is 8.02 Å². The molecule has 0 aliphatic carbocycles. The lowest BCUT2D eigenvalue weighted by molar-refractivity contribution is 1.08. The molecule has 0 fully saturated rings. The topological polar surface area (TPSA) is 25.8 Å². The van der Waals surface area contributed by atoms with Crippen LogP contribution >= 0.6 is 57.0 Å². The van der Waals surface area contributed by atoms with Gasteiger partial charge >= 0.3 is 0 Å². The molecular formula is C9H7IN2S3. The maximum Gasteiger partial charge on any atom is 0.178 e. The first-order valence-electron chi connectivity index (χ1n) is 4.51. The van der Waals surface area contributed by atoms with Gasteiger partial charge < -0.3 is 0 Å². The average molecular weight is 366 g/mol. The van der Waals surface area contributed by atoms with Crippen LogP contribution in [-0.4, -0.2) is 16.0 Å². The van der Waals surface area contributed by atoms with Gasteiger partial charge in [0.2, 0.25) is 0 Å². The zero-order chi connectivity index (χ0) is 10.3. The smallest absolute Gasteiger partial charge is 0.157 e. The Hall–Kier alpha value is 0.340. The van der Waals surface area contributed by atoms with Gasteiger partial charge in [0, 0.05) is 10.6 Å². The second-order valence-electron chi connectivity index (χ2n) is 3.22. The molecule has 0 saturated heterocycles. The van der Waals surface area contributed by atoms with E-state index in [0.29, 0.717) is 0 Å². The predicted molar refractivity (Wildman–Crippen MR) is 75.8 cm³/mol. The monoisotopic (exact) mass is 366 g/mol. The number of hydrogen-bond acceptors (Lipinski definition) is 5. The van der Waals surface area contributed by atoms with Gasteiger partial charge in [-0.2, -0.15) is 11.8 Å². The zero-order valence-electron chi connectivity index (χ0n) is 7.70. The number of aryl methyl sites for hydroxylation is 1. The molecular weight excluding hydrogens is 359 g/mol. The van der Waals surface area contributed by atoms with Gasteiger partial charge in [0.25, 0.3) is 0 Å². The number of nitrogens with zero attached hydrogens (tertiary/aromatic N) is 2. The maximum atomic E-state index is 4.19. The van der Waals surface area contributed by atoms with E-state index >= 15 is 0 Å². The van der Waals surface area contributed by atoms with E-state index in [-0.39, 0.29) is 0 Å². The highest BCUT2D eigenvalue weighted by Gasteiger charge is 2.16. The number of halogens is 1. The molecule has 2 nitrogen and oxygen atoms in total. The lowest BCUT2D eigenvalue weighted by atomic mass is 10.2. The number of thiophene rings is 1. The fraction of sp³-hybridized carbons (Fsp3) is 0.333. The summed E-state index contributed by atoms with van der Waals surface area (Å²) in [4.78, 5) is 2.84. The van der Waals surface area contributed by atoms with E-state index in [1.165, 1.54) is 28.4 Å². The summed E-state index contributed by atoms with van der Waals surface area (Å²) in [5.41, 5.74) is 1.51. The molecule has 6 heteroatoms. The Morgan fingerprint density at radius 3 is 2.93 bits per heavy atom. The van der Waals surface area contributed by atoms with Gasteiger partial charge in [0.15, 0.2) is 8.02 Å². The Labute approximate surface area is 114 Å². The summed E-state index contributed by atoms with van der Waals surface area (Å²) >= 11 is 7.81. The second-order valence-corrected chi connectivity index (χ2v) is 8.20. The van der Waals surface area contributed by atoms with Gasteiger partial charge in [-0.05, 0) is 46.4 Å². The normalized spacial score (nSPS) is 15.3. The van der Waals surface area contributed by atoms with Crippen LogP contribution in [0.3, 0.4) is 0 Å². The molecule has 78 valence electrons. The molecule has 15 heavy (non-hydrogen) atoms. The number of rotatable bonds is 1. The molecule has 1 aliphatic heterocycles. The number of fused-ring (bicyclic) bond motifs is 1. The van der Waals surface area contributed by atoms with E-state index in [4.69, 9.17) is 0 Å². The van der Waals surface area contributed by atoms with Crippen LogP contribution in [0, 0.1) is 3.01 Å². The molecule has 3 rings (SSSR count). The van der Waals surface area contributed by atoms with Crippen molar-refractivity contribution in [3.05, 3.63) is 19.5 Å². The molecule has 0 unspecified atom stereocenters. The van der Waals surface area contributed by atoms with E-state index < -0.39 is 0 Å². The van der Waals surface area contributed by atoms with Crippen molar-refractivity contribution in [2.45, 2.75) is 12.2 Å². The van der Waals surface area contributed by atoms with Crippen LogP contribution in [0.2, 0.25) is 0 Å². The Kier molecular flexibility index (Phi) is 3.01. The van der Waals surface area contributed by atoms with Crippen molar-refractivity contribution < 1.29 is 0 Å². The standard InChI is InChI=1S/C9H7IN2S3/c10-9-12-11-8(15-9)7-3-5-4-13-2-1-6(5)14-7/h3H,1-2,4H2. The van der Waals surface area contributed by atoms with Crippen molar-refractivity contribution in [2.24, 2.45) is 0 Å². The van der Waals surface area contributed by atoms with Gasteiger partial charge in [0.1, 0.15) is 0 Å². The van der Waals surface area contributed by atoms with Crippen molar-refractivity contribution >= 4 is 57.0 Å². The summed E-state index contributed by atoms with van der Waals surface area (Å²) in [5.74, 6) is 2.43. The third kappa shape index (κ3) is 2.09. The van der Waals surface area contributed by atoms with Crippen molar-refractivity contribution in [1.29, 1.82) is 0 Å². The van der Waals surface area contributed by atoms with Crippen LogP contribution in [0.25, 0.3) is 9.88 Å². The highest BCUT2D eigenvalue weighted by atomic mass is 127. The van der Waals surface area contributed by atoms with Crippen molar-refractivity contribution in [3.63, 3.8) is 0 Å². The minimum atomic E-state index is 1.02. The Morgan fingerprint density at radius 2 is 2.20 bits per heavy atom. The van der Waals surface area contributed by atoms with Gasteiger partial charge in [-0.15, -0.1) is 21.5 Å². The molecule has 2 aromatic heterocycles. The van der Waals surface area contributed by atoms with Gasteiger partial charge in [0.05, 0.1) is 4.88 Å². The van der Waals surface area contributed by atoms with Gasteiger partial charge in [-0.3, -0.25) is 0 Å². The summed E-state index contributed by atoms with van der Waals surface area (Å²) in [6, 6.07) is 2.29. The second kappa shape index (κ2) is 4.31. The minimum Gasteiger partial charge on any atom is -0.157 e. The molecule has 3 heterocycles. The minimum absolute atomic E-state index is 1.02. The van der Waals surface area contributed by atoms with Crippen molar-refractivity contribution in [1.82, 2.24) is 10.2 Å². The molecule has 2 aromatic rings. The molecule has 0 radical (unpaired) electrons. The number of thioether (sulfide) groups is 1. The van der Waals surface area contributed by atoms with E-state index in [2.05, 4.69) is 38.9 Å². The third-order valence-corrected chi connectivity index (χ3v) is 6.24. The number of aromatic nitrogens is 2. The van der Waals surface area contributed by atoms with E-state index in [1.54, 1.807) is 16.2 Å². The molecule has 1 aliphatic rings. The first-order valence-corrected chi connectivity index (χ1v) is 8.38. The van der Waals surface area contributed by atoms with E-state index in [1.807, 2.05) is 23.1 Å². The first kappa shape index (κ1) is 10.5. The summed E-state index contributed by atoms with van der Waals surface area (Å²) < 4.78 is 1.02. The van der Waals surface area contributed by atoms with Crippen LogP contribution in [0.15, 0.2) is 6.07 Å². The predicted octanol–water partition coefficient (Wildman–Crippen LogP) is 3.66. The summed E-state index contributed by atoms with van der Waals surface area (Å²) in [5, 5.41) is 9.32. The maximum absolute atomic E-state index is 4.19. The Balaban J connectivity index is 2.02. The Bertz CT molecular complexity index is 468. The van der Waals surface area contributed by atoms with Crippen LogP contribution in [0.1, 0.15) is 10.4 Å². The van der Waals surface area contributed by atoms with Gasteiger partial charge in [-0.1, -0.05) is 11.3 Å². The van der Waals surface area contributed by atoms with E-state index in [9.17, 15) is 0 Å². The molecule has 0 amide bonds. The van der Waals surface area contributed by atoms with Crippen LogP contribution < -0.4 is 0 Å². The van der Waals surface area contributed by atoms with Crippen molar-refractivity contribution in [3.8, 4) is 9.88 Å². The average Bonchev–Trinajstić information content (AvgIpc) is 2.82. The summed E-state index contributed by atoms with van der Waals surface area (Å²) in [6.45, 7) is 0.